The van der Waals surface area contributed by atoms with Crippen LogP contribution in [0.15, 0.2) is 12.3 Å². The Labute approximate surface area is 106 Å². The number of aliphatic hydroxyl groups excluding tert-OH is 1. The number of pyridine rings is 1. The van der Waals surface area contributed by atoms with E-state index in [0.29, 0.717) is 17.1 Å². The Morgan fingerprint density at radius 1 is 1.47 bits per heavy atom. The van der Waals surface area contributed by atoms with E-state index in [4.69, 9.17) is 16.7 Å². The van der Waals surface area contributed by atoms with Crippen LogP contribution in [-0.2, 0) is 0 Å². The van der Waals surface area contributed by atoms with Crippen LogP contribution in [0.1, 0.15) is 35.3 Å². The highest BCUT2D eigenvalue weighted by Gasteiger charge is 2.10. The molecule has 17 heavy (non-hydrogen) atoms. The number of rotatable bonds is 6. The zero-order valence-electron chi connectivity index (χ0n) is 9.87. The molecule has 0 spiro atoms. The van der Waals surface area contributed by atoms with Gasteiger partial charge in [0.15, 0.2) is 0 Å². The first-order valence-electron chi connectivity index (χ1n) is 5.66. The van der Waals surface area contributed by atoms with Gasteiger partial charge in [0.1, 0.15) is 0 Å². The molecule has 0 fully saturated rings. The quantitative estimate of drug-likeness (QED) is 0.765. The Bertz CT molecular complexity index is 383. The van der Waals surface area contributed by atoms with Crippen molar-refractivity contribution in [1.29, 1.82) is 0 Å². The molecule has 0 aliphatic rings. The van der Waals surface area contributed by atoms with Crippen LogP contribution in [0.25, 0.3) is 0 Å². The molecule has 0 saturated heterocycles. The average molecular weight is 257 g/mol. The van der Waals surface area contributed by atoms with Crippen LogP contribution < -0.4 is 5.32 Å². The minimum absolute atomic E-state index is 0.196. The zero-order chi connectivity index (χ0) is 12.7. The number of hydrogen-bond acceptors (Lipinski definition) is 3. The molecule has 1 aromatic heterocycles. The van der Waals surface area contributed by atoms with Gasteiger partial charge in [0.2, 0.25) is 0 Å². The number of nitrogens with one attached hydrogen (secondary N) is 1. The van der Waals surface area contributed by atoms with E-state index in [1.807, 2.05) is 6.92 Å². The Morgan fingerprint density at radius 3 is 2.88 bits per heavy atom. The van der Waals surface area contributed by atoms with Crippen molar-refractivity contribution >= 4 is 17.5 Å². The number of carbonyl (C=O) groups excluding carboxylic acids is 1. The van der Waals surface area contributed by atoms with Crippen molar-refractivity contribution < 1.29 is 9.90 Å². The molecule has 1 aromatic rings. The van der Waals surface area contributed by atoms with E-state index < -0.39 is 0 Å². The lowest BCUT2D eigenvalue weighted by Gasteiger charge is -2.06. The molecule has 1 amide bonds. The molecule has 0 radical (unpaired) electrons. The summed E-state index contributed by atoms with van der Waals surface area (Å²) in [5.74, 6) is -0.202. The van der Waals surface area contributed by atoms with Gasteiger partial charge >= 0.3 is 0 Å². The van der Waals surface area contributed by atoms with Crippen LogP contribution in [0, 0.1) is 6.92 Å². The zero-order valence-corrected chi connectivity index (χ0v) is 10.6. The normalized spacial score (nSPS) is 10.3. The first-order valence-corrected chi connectivity index (χ1v) is 6.04. The van der Waals surface area contributed by atoms with Gasteiger partial charge in [-0.05, 0) is 32.3 Å². The number of carbonyl (C=O) groups is 1. The molecule has 0 bridgehead atoms. The molecule has 0 aliphatic carbocycles. The molecule has 94 valence electrons. The Hall–Kier alpha value is -1.13. The lowest BCUT2D eigenvalue weighted by molar-refractivity contribution is 0.0952. The van der Waals surface area contributed by atoms with E-state index in [1.54, 1.807) is 6.07 Å². The highest BCUT2D eigenvalue weighted by Crippen LogP contribution is 2.15. The number of halogens is 1. The topological polar surface area (TPSA) is 62.2 Å². The van der Waals surface area contributed by atoms with Gasteiger partial charge in [-0.3, -0.25) is 9.78 Å². The van der Waals surface area contributed by atoms with E-state index in [9.17, 15) is 4.79 Å². The molecule has 1 heterocycles. The fraction of sp³-hybridized carbons (Fsp3) is 0.500. The van der Waals surface area contributed by atoms with Gasteiger partial charge in [-0.15, -0.1) is 0 Å². The highest BCUT2D eigenvalue weighted by atomic mass is 35.5. The number of aliphatic hydroxyl groups is 1. The lowest BCUT2D eigenvalue weighted by Crippen LogP contribution is -2.25. The van der Waals surface area contributed by atoms with Crippen molar-refractivity contribution in [3.63, 3.8) is 0 Å². The molecule has 0 saturated carbocycles. The maximum atomic E-state index is 11.7. The van der Waals surface area contributed by atoms with E-state index in [-0.39, 0.29) is 12.5 Å². The van der Waals surface area contributed by atoms with Crippen LogP contribution in [0.4, 0.5) is 0 Å². The third-order valence-electron chi connectivity index (χ3n) is 2.36. The van der Waals surface area contributed by atoms with Crippen LogP contribution in [0.5, 0.6) is 0 Å². The summed E-state index contributed by atoms with van der Waals surface area (Å²) in [7, 11) is 0. The fourth-order valence-electron chi connectivity index (χ4n) is 1.40. The molecular weight excluding hydrogens is 240 g/mol. The van der Waals surface area contributed by atoms with Crippen molar-refractivity contribution in [2.24, 2.45) is 0 Å². The second-order valence-corrected chi connectivity index (χ2v) is 4.25. The second kappa shape index (κ2) is 7.25. The molecule has 4 nitrogen and oxygen atoms in total. The van der Waals surface area contributed by atoms with Gasteiger partial charge in [0.05, 0.1) is 10.6 Å². The summed E-state index contributed by atoms with van der Waals surface area (Å²) in [6, 6.07) is 1.67. The number of hydrogen-bond donors (Lipinski definition) is 2. The van der Waals surface area contributed by atoms with Gasteiger partial charge in [-0.2, -0.15) is 0 Å². The van der Waals surface area contributed by atoms with Gasteiger partial charge < -0.3 is 10.4 Å². The molecule has 0 unspecified atom stereocenters. The van der Waals surface area contributed by atoms with E-state index >= 15 is 0 Å². The van der Waals surface area contributed by atoms with Crippen molar-refractivity contribution in [2.75, 3.05) is 13.2 Å². The van der Waals surface area contributed by atoms with E-state index in [2.05, 4.69) is 10.3 Å². The van der Waals surface area contributed by atoms with Crippen LogP contribution >= 0.6 is 11.6 Å². The fourth-order valence-corrected chi connectivity index (χ4v) is 1.70. The number of aryl methyl sites for hydroxylation is 1. The number of aromatic nitrogens is 1. The molecule has 0 aliphatic heterocycles. The highest BCUT2D eigenvalue weighted by molar-refractivity contribution is 6.33. The maximum absolute atomic E-state index is 11.7. The first-order chi connectivity index (χ1) is 8.15. The van der Waals surface area contributed by atoms with Crippen LogP contribution in [0.2, 0.25) is 5.02 Å². The standard InChI is InChI=1S/C12H17ClN2O2/c1-9-7-11(13)10(8-15-9)12(17)14-5-3-2-4-6-16/h7-8,16H,2-6H2,1H3,(H,14,17). The summed E-state index contributed by atoms with van der Waals surface area (Å²) in [5.41, 5.74) is 1.19. The lowest BCUT2D eigenvalue weighted by atomic mass is 10.2. The van der Waals surface area contributed by atoms with Crippen molar-refractivity contribution in [1.82, 2.24) is 10.3 Å². The van der Waals surface area contributed by atoms with Crippen molar-refractivity contribution in [3.05, 3.63) is 28.5 Å². The predicted molar refractivity (Wildman–Crippen MR) is 67.3 cm³/mol. The largest absolute Gasteiger partial charge is 0.396 e. The second-order valence-electron chi connectivity index (χ2n) is 3.85. The smallest absolute Gasteiger partial charge is 0.254 e. The molecule has 5 heteroatoms. The molecule has 2 N–H and O–H groups in total. The maximum Gasteiger partial charge on any atom is 0.254 e. The summed E-state index contributed by atoms with van der Waals surface area (Å²) in [4.78, 5) is 15.8. The van der Waals surface area contributed by atoms with Gasteiger partial charge in [-0.1, -0.05) is 11.6 Å². The number of unbranched alkanes of at least 4 members (excludes halogenated alkanes) is 2. The Kier molecular flexibility index (Phi) is 5.94. The summed E-state index contributed by atoms with van der Waals surface area (Å²) in [5, 5.41) is 11.8. The third-order valence-corrected chi connectivity index (χ3v) is 2.67. The van der Waals surface area contributed by atoms with E-state index in [1.165, 1.54) is 6.20 Å². The molecule has 0 aromatic carbocycles. The molecule has 0 atom stereocenters. The summed E-state index contributed by atoms with van der Waals surface area (Å²) >= 11 is 5.95. The molecular formula is C12H17ClN2O2. The summed E-state index contributed by atoms with van der Waals surface area (Å²) in [6.45, 7) is 2.60. The summed E-state index contributed by atoms with van der Waals surface area (Å²) in [6.07, 6.45) is 4.00. The Balaban J connectivity index is 2.42. The van der Waals surface area contributed by atoms with E-state index in [0.717, 1.165) is 25.0 Å². The third kappa shape index (κ3) is 4.71. The average Bonchev–Trinajstić information content (AvgIpc) is 2.28. The van der Waals surface area contributed by atoms with Gasteiger partial charge in [0, 0.05) is 25.0 Å². The molecule has 1 rings (SSSR count). The monoisotopic (exact) mass is 256 g/mol. The van der Waals surface area contributed by atoms with Gasteiger partial charge in [-0.25, -0.2) is 0 Å². The minimum Gasteiger partial charge on any atom is -0.396 e. The van der Waals surface area contributed by atoms with Crippen molar-refractivity contribution in [2.45, 2.75) is 26.2 Å². The SMILES string of the molecule is Cc1cc(Cl)c(C(=O)NCCCCCO)cn1. The number of nitrogens with zero attached hydrogens (tertiary/aromatic N) is 1. The predicted octanol–water partition coefficient (Wildman–Crippen LogP) is 1.94. The van der Waals surface area contributed by atoms with Crippen molar-refractivity contribution in [3.8, 4) is 0 Å². The van der Waals surface area contributed by atoms with Crippen LogP contribution in [0.3, 0.4) is 0 Å². The summed E-state index contributed by atoms with van der Waals surface area (Å²) < 4.78 is 0. The Morgan fingerprint density at radius 2 is 2.24 bits per heavy atom. The van der Waals surface area contributed by atoms with Crippen LogP contribution in [-0.4, -0.2) is 29.1 Å². The number of amides is 1. The minimum atomic E-state index is -0.202. The first kappa shape index (κ1) is 13.9. The van der Waals surface area contributed by atoms with Gasteiger partial charge in [0.25, 0.3) is 5.91 Å².